The number of carboxylic acid groups (broad SMARTS) is 2. The van der Waals surface area contributed by atoms with Crippen LogP contribution in [0.3, 0.4) is 0 Å². The number of rotatable bonds is 10. The molecule has 1 unspecified atom stereocenters. The maximum Gasteiger partial charge on any atom is 0.305 e. The Bertz CT molecular complexity index is 1980. The number of anilines is 2. The van der Waals surface area contributed by atoms with Gasteiger partial charge in [0, 0.05) is 41.0 Å². The predicted octanol–water partition coefficient (Wildman–Crippen LogP) is 8.76. The smallest absolute Gasteiger partial charge is 0.305 e. The van der Waals surface area contributed by atoms with Gasteiger partial charge in [-0.05, 0) is 50.9 Å². The van der Waals surface area contributed by atoms with E-state index in [1.807, 2.05) is 42.5 Å². The van der Waals surface area contributed by atoms with Crippen LogP contribution in [0.1, 0.15) is 51.7 Å². The van der Waals surface area contributed by atoms with Crippen molar-refractivity contribution in [2.45, 2.75) is 57.4 Å². The molecule has 0 saturated carbocycles. The van der Waals surface area contributed by atoms with Crippen molar-refractivity contribution in [3.63, 3.8) is 0 Å². The second-order valence-corrected chi connectivity index (χ2v) is 13.5. The minimum absolute atomic E-state index is 0.00573. The molecule has 240 valence electrons. The van der Waals surface area contributed by atoms with Crippen LogP contribution < -0.4 is 9.80 Å². The van der Waals surface area contributed by atoms with Crippen LogP contribution in [0.5, 0.6) is 0 Å². The number of hydrogen-bond donors (Lipinski definition) is 2. The highest BCUT2D eigenvalue weighted by atomic mass is 16.4. The van der Waals surface area contributed by atoms with E-state index in [-0.39, 0.29) is 29.7 Å². The topological polar surface area (TPSA) is 81.1 Å². The lowest BCUT2D eigenvalue weighted by atomic mass is 9.78. The Morgan fingerprint density at radius 3 is 1.89 bits per heavy atom. The third-order valence-corrected chi connectivity index (χ3v) is 9.80. The Hall–Kier alpha value is -5.10. The van der Waals surface area contributed by atoms with E-state index in [1.165, 1.54) is 32.7 Å². The zero-order valence-corrected chi connectivity index (χ0v) is 27.5. The third-order valence-electron chi connectivity index (χ3n) is 9.80. The van der Waals surface area contributed by atoms with Gasteiger partial charge < -0.3 is 20.0 Å². The van der Waals surface area contributed by atoms with E-state index in [0.717, 1.165) is 17.1 Å². The van der Waals surface area contributed by atoms with Crippen LogP contribution in [0.25, 0.3) is 21.5 Å². The Balaban J connectivity index is 1.25. The quantitative estimate of drug-likeness (QED) is 0.171. The van der Waals surface area contributed by atoms with Gasteiger partial charge in [-0.3, -0.25) is 9.59 Å². The van der Waals surface area contributed by atoms with Gasteiger partial charge in [0.1, 0.15) is 0 Å². The molecule has 4 aromatic rings. The highest BCUT2D eigenvalue weighted by Gasteiger charge is 2.44. The molecule has 0 saturated heterocycles. The molecule has 2 N–H and O–H groups in total. The molecule has 4 aromatic carbocycles. The van der Waals surface area contributed by atoms with E-state index < -0.39 is 11.9 Å². The molecular weight excluding hydrogens is 584 g/mol. The number of carbonyl (C=O) groups is 2. The Labute approximate surface area is 276 Å². The van der Waals surface area contributed by atoms with E-state index >= 15 is 0 Å². The van der Waals surface area contributed by atoms with Crippen LogP contribution in [-0.4, -0.2) is 41.3 Å². The first kappa shape index (κ1) is 31.9. The molecular formula is C41H42N2O4. The summed E-state index contributed by atoms with van der Waals surface area (Å²) in [5, 5.41) is 23.7. The fourth-order valence-electron chi connectivity index (χ4n) is 7.68. The normalized spacial score (nSPS) is 19.1. The number of allylic oxidation sites excluding steroid dienone is 7. The highest BCUT2D eigenvalue weighted by Crippen LogP contribution is 2.51. The van der Waals surface area contributed by atoms with Crippen LogP contribution in [0.15, 0.2) is 121 Å². The zero-order valence-electron chi connectivity index (χ0n) is 27.5. The summed E-state index contributed by atoms with van der Waals surface area (Å²) in [6.07, 6.45) is 14.4. The summed E-state index contributed by atoms with van der Waals surface area (Å²) in [6.45, 7) is 9.72. The average molecular weight is 627 g/mol. The largest absolute Gasteiger partial charge is 0.481 e. The van der Waals surface area contributed by atoms with E-state index in [1.54, 1.807) is 0 Å². The second-order valence-electron chi connectivity index (χ2n) is 13.5. The fourth-order valence-corrected chi connectivity index (χ4v) is 7.68. The monoisotopic (exact) mass is 626 g/mol. The standard InChI is InChI=1S/C41H42N2O4/c1-40(2)34(42(26-24-36(44)45)32-22-20-28-14-10-12-16-30(28)38(32)40)18-8-6-5-7-9-19-35-41(3,4)39-31-17-13-11-15-29(31)21-23-33(39)43(35)27-25-37(46)47/h5-23,34H,24-27H2,1-4H3,(H,44,45)(H,46,47)/b6-5+,9-7+,18-8+,35-19+. The fraction of sp³-hybridized carbons (Fsp3) is 0.268. The molecule has 6 nitrogen and oxygen atoms in total. The predicted molar refractivity (Wildman–Crippen MR) is 192 cm³/mol. The van der Waals surface area contributed by atoms with Crippen LogP contribution in [0.4, 0.5) is 11.4 Å². The van der Waals surface area contributed by atoms with Crippen molar-refractivity contribution < 1.29 is 19.8 Å². The Morgan fingerprint density at radius 1 is 0.681 bits per heavy atom. The number of aliphatic carboxylic acids is 2. The Kier molecular flexibility index (Phi) is 8.54. The number of benzene rings is 4. The van der Waals surface area contributed by atoms with Gasteiger partial charge >= 0.3 is 11.9 Å². The molecule has 2 aliphatic rings. The average Bonchev–Trinajstić information content (AvgIpc) is 3.40. The summed E-state index contributed by atoms with van der Waals surface area (Å²) >= 11 is 0. The first-order valence-corrected chi connectivity index (χ1v) is 16.3. The van der Waals surface area contributed by atoms with Gasteiger partial charge in [-0.2, -0.15) is 0 Å². The van der Waals surface area contributed by atoms with Gasteiger partial charge in [0.25, 0.3) is 0 Å². The van der Waals surface area contributed by atoms with Crippen molar-refractivity contribution in [2.75, 3.05) is 22.9 Å². The molecule has 0 spiro atoms. The van der Waals surface area contributed by atoms with Crippen LogP contribution in [0, 0.1) is 0 Å². The Morgan fingerprint density at radius 2 is 1.23 bits per heavy atom. The number of hydrogen-bond acceptors (Lipinski definition) is 4. The lowest BCUT2D eigenvalue weighted by Crippen LogP contribution is -2.41. The molecule has 2 aliphatic heterocycles. The van der Waals surface area contributed by atoms with Gasteiger partial charge in [0.15, 0.2) is 0 Å². The van der Waals surface area contributed by atoms with Crippen LogP contribution in [0.2, 0.25) is 0 Å². The molecule has 0 fully saturated rings. The first-order chi connectivity index (χ1) is 22.5. The van der Waals surface area contributed by atoms with Crippen LogP contribution in [-0.2, 0) is 20.4 Å². The van der Waals surface area contributed by atoms with E-state index in [9.17, 15) is 19.8 Å². The molecule has 0 bridgehead atoms. The summed E-state index contributed by atoms with van der Waals surface area (Å²) in [5.41, 5.74) is 5.17. The summed E-state index contributed by atoms with van der Waals surface area (Å²) in [7, 11) is 0. The zero-order chi connectivity index (χ0) is 33.3. The van der Waals surface area contributed by atoms with Crippen molar-refractivity contribution in [1.29, 1.82) is 0 Å². The van der Waals surface area contributed by atoms with Gasteiger partial charge in [-0.25, -0.2) is 0 Å². The molecule has 0 radical (unpaired) electrons. The van der Waals surface area contributed by atoms with Crippen molar-refractivity contribution in [3.05, 3.63) is 132 Å². The first-order valence-electron chi connectivity index (χ1n) is 16.3. The van der Waals surface area contributed by atoms with Gasteiger partial charge in [-0.15, -0.1) is 0 Å². The summed E-state index contributed by atoms with van der Waals surface area (Å²) in [6, 6.07) is 25.2. The maximum absolute atomic E-state index is 11.6. The third kappa shape index (κ3) is 5.85. The van der Waals surface area contributed by atoms with Gasteiger partial charge in [0.2, 0.25) is 0 Å². The highest BCUT2D eigenvalue weighted by molar-refractivity contribution is 5.95. The summed E-state index contributed by atoms with van der Waals surface area (Å²) in [4.78, 5) is 27.5. The SMILES string of the molecule is CC1(C)\C(=C/C=C/C=C/C=C/C2N(CCC(=O)O)c3ccc4ccccc4c3C2(C)C)N(CCC(=O)O)c2ccc3ccccc3c21. The summed E-state index contributed by atoms with van der Waals surface area (Å²) in [5.74, 6) is -1.62. The van der Waals surface area contributed by atoms with E-state index in [2.05, 4.69) is 110 Å². The van der Waals surface area contributed by atoms with Gasteiger partial charge in [-0.1, -0.05) is 125 Å². The lowest BCUT2D eigenvalue weighted by molar-refractivity contribution is -0.137. The second kappa shape index (κ2) is 12.6. The molecule has 0 aliphatic carbocycles. The maximum atomic E-state index is 11.6. The molecule has 0 amide bonds. The van der Waals surface area contributed by atoms with Crippen molar-refractivity contribution in [3.8, 4) is 0 Å². The van der Waals surface area contributed by atoms with Gasteiger partial charge in [0.05, 0.1) is 18.9 Å². The lowest BCUT2D eigenvalue weighted by Gasteiger charge is -2.32. The summed E-state index contributed by atoms with van der Waals surface area (Å²) < 4.78 is 0. The molecule has 1 atom stereocenters. The van der Waals surface area contributed by atoms with E-state index in [4.69, 9.17) is 0 Å². The molecule has 6 heteroatoms. The molecule has 2 heterocycles. The van der Waals surface area contributed by atoms with E-state index in [0.29, 0.717) is 13.1 Å². The molecule has 6 rings (SSSR count). The molecule has 47 heavy (non-hydrogen) atoms. The molecule has 0 aromatic heterocycles. The number of fused-ring (bicyclic) bond motifs is 6. The minimum Gasteiger partial charge on any atom is -0.481 e. The minimum atomic E-state index is -0.815. The van der Waals surface area contributed by atoms with Crippen molar-refractivity contribution in [2.24, 2.45) is 0 Å². The van der Waals surface area contributed by atoms with Crippen LogP contribution >= 0.6 is 0 Å². The number of carboxylic acids is 2. The van der Waals surface area contributed by atoms with Crippen molar-refractivity contribution in [1.82, 2.24) is 0 Å². The van der Waals surface area contributed by atoms with Crippen molar-refractivity contribution >= 4 is 44.9 Å². The number of nitrogens with zero attached hydrogens (tertiary/aromatic N) is 2.